The number of aryl methyl sites for hydroxylation is 1. The maximum atomic E-state index is 12.4. The van der Waals surface area contributed by atoms with E-state index in [4.69, 9.17) is 18.6 Å². The third-order valence-corrected chi connectivity index (χ3v) is 4.79. The molecule has 0 bridgehead atoms. The molecule has 0 aliphatic heterocycles. The predicted molar refractivity (Wildman–Crippen MR) is 121 cm³/mol. The Morgan fingerprint density at radius 3 is 2.32 bits per heavy atom. The van der Waals surface area contributed by atoms with Gasteiger partial charge in [0.25, 0.3) is 0 Å². The summed E-state index contributed by atoms with van der Waals surface area (Å²) in [6.45, 7) is 7.45. The Hall–Kier alpha value is -2.42. The van der Waals surface area contributed by atoms with Crippen LogP contribution in [0.25, 0.3) is 11.0 Å². The Labute approximate surface area is 183 Å². The van der Waals surface area contributed by atoms with Gasteiger partial charge in [-0.2, -0.15) is 0 Å². The number of carbonyl (C=O) groups excluding carboxylic acids is 1. The molecule has 0 unspecified atom stereocenters. The molecule has 1 aromatic heterocycles. The molecular weight excluding hydrogens is 400 g/mol. The minimum absolute atomic E-state index is 0.0274. The van der Waals surface area contributed by atoms with E-state index in [-0.39, 0.29) is 12.3 Å². The van der Waals surface area contributed by atoms with Gasteiger partial charge in [0, 0.05) is 44.4 Å². The van der Waals surface area contributed by atoms with E-state index in [0.717, 1.165) is 29.7 Å². The van der Waals surface area contributed by atoms with Gasteiger partial charge in [0.15, 0.2) is 0 Å². The van der Waals surface area contributed by atoms with Crippen LogP contribution in [0.4, 0.5) is 5.69 Å². The van der Waals surface area contributed by atoms with E-state index in [1.54, 1.807) is 0 Å². The van der Waals surface area contributed by atoms with Crippen molar-refractivity contribution in [2.24, 2.45) is 0 Å². The van der Waals surface area contributed by atoms with Gasteiger partial charge in [-0.15, -0.1) is 0 Å². The van der Waals surface area contributed by atoms with Gasteiger partial charge in [-0.05, 0) is 31.0 Å². The van der Waals surface area contributed by atoms with E-state index in [2.05, 4.69) is 12.2 Å². The van der Waals surface area contributed by atoms with Gasteiger partial charge < -0.3 is 28.8 Å². The SMILES string of the molecule is CCCOCCOCCOCCNC(=O)Cc1c(C)c2ccc(N(C)C)cc2oc1=O. The highest BCUT2D eigenvalue weighted by Crippen LogP contribution is 2.24. The van der Waals surface area contributed by atoms with E-state index in [1.165, 1.54) is 0 Å². The second-order valence-corrected chi connectivity index (χ2v) is 7.43. The summed E-state index contributed by atoms with van der Waals surface area (Å²) in [7, 11) is 3.84. The van der Waals surface area contributed by atoms with Gasteiger partial charge in [-0.3, -0.25) is 4.79 Å². The molecule has 0 aliphatic carbocycles. The minimum atomic E-state index is -0.479. The molecule has 1 aromatic carbocycles. The van der Waals surface area contributed by atoms with Gasteiger partial charge in [-0.1, -0.05) is 6.92 Å². The summed E-state index contributed by atoms with van der Waals surface area (Å²) in [5.74, 6) is -0.243. The number of anilines is 1. The zero-order valence-electron chi connectivity index (χ0n) is 19.0. The molecule has 172 valence electrons. The highest BCUT2D eigenvalue weighted by atomic mass is 16.5. The van der Waals surface area contributed by atoms with Crippen LogP contribution in [-0.2, 0) is 25.4 Å². The quantitative estimate of drug-likeness (QED) is 0.360. The second-order valence-electron chi connectivity index (χ2n) is 7.43. The van der Waals surface area contributed by atoms with Crippen molar-refractivity contribution in [3.63, 3.8) is 0 Å². The second kappa shape index (κ2) is 13.1. The van der Waals surface area contributed by atoms with Crippen LogP contribution in [-0.4, -0.2) is 66.2 Å². The number of benzene rings is 1. The van der Waals surface area contributed by atoms with E-state index < -0.39 is 5.63 Å². The Bertz CT molecular complexity index is 894. The number of fused-ring (bicyclic) bond motifs is 1. The molecule has 0 saturated carbocycles. The Kier molecular flexibility index (Phi) is 10.5. The molecule has 0 fully saturated rings. The van der Waals surface area contributed by atoms with E-state index in [9.17, 15) is 9.59 Å². The van der Waals surface area contributed by atoms with Crippen LogP contribution in [0.1, 0.15) is 24.5 Å². The average Bonchev–Trinajstić information content (AvgIpc) is 2.74. The van der Waals surface area contributed by atoms with Crippen LogP contribution in [0.3, 0.4) is 0 Å². The van der Waals surface area contributed by atoms with Crippen LogP contribution >= 0.6 is 0 Å². The standard InChI is InChI=1S/C23H34N2O6/c1-5-9-28-11-13-30-14-12-29-10-8-24-22(26)16-20-17(2)19-7-6-18(25(3)4)15-21(19)31-23(20)27/h6-7,15H,5,8-14,16H2,1-4H3,(H,24,26). The van der Waals surface area contributed by atoms with Crippen molar-refractivity contribution >= 4 is 22.6 Å². The molecule has 1 heterocycles. The monoisotopic (exact) mass is 434 g/mol. The van der Waals surface area contributed by atoms with E-state index >= 15 is 0 Å². The first kappa shape index (κ1) is 24.8. The zero-order chi connectivity index (χ0) is 22.6. The third kappa shape index (κ3) is 7.97. The lowest BCUT2D eigenvalue weighted by Crippen LogP contribution is -2.30. The van der Waals surface area contributed by atoms with Crippen molar-refractivity contribution in [3.8, 4) is 0 Å². The van der Waals surface area contributed by atoms with Crippen LogP contribution in [0, 0.1) is 6.92 Å². The van der Waals surface area contributed by atoms with Crippen molar-refractivity contribution < 1.29 is 23.4 Å². The summed E-state index contributed by atoms with van der Waals surface area (Å²) >= 11 is 0. The van der Waals surface area contributed by atoms with E-state index in [1.807, 2.05) is 44.1 Å². The number of hydrogen-bond donors (Lipinski definition) is 1. The number of hydrogen-bond acceptors (Lipinski definition) is 7. The van der Waals surface area contributed by atoms with Crippen LogP contribution in [0.5, 0.6) is 0 Å². The fourth-order valence-electron chi connectivity index (χ4n) is 3.04. The Morgan fingerprint density at radius 2 is 1.68 bits per heavy atom. The Balaban J connectivity index is 1.74. The maximum Gasteiger partial charge on any atom is 0.340 e. The smallest absolute Gasteiger partial charge is 0.340 e. The fourth-order valence-corrected chi connectivity index (χ4v) is 3.04. The van der Waals surface area contributed by atoms with Crippen molar-refractivity contribution in [1.82, 2.24) is 5.32 Å². The molecular formula is C23H34N2O6. The summed E-state index contributed by atoms with van der Waals surface area (Å²) in [5, 5.41) is 3.60. The summed E-state index contributed by atoms with van der Waals surface area (Å²) in [6.07, 6.45) is 0.970. The van der Waals surface area contributed by atoms with Crippen molar-refractivity contribution in [3.05, 3.63) is 39.7 Å². The largest absolute Gasteiger partial charge is 0.422 e. The summed E-state index contributed by atoms with van der Waals surface area (Å²) in [4.78, 5) is 26.6. The molecule has 0 radical (unpaired) electrons. The number of nitrogens with one attached hydrogen (secondary N) is 1. The number of carbonyl (C=O) groups is 1. The predicted octanol–water partition coefficient (Wildman–Crippen LogP) is 2.29. The van der Waals surface area contributed by atoms with Crippen molar-refractivity contribution in [2.45, 2.75) is 26.7 Å². The van der Waals surface area contributed by atoms with Gasteiger partial charge >= 0.3 is 5.63 Å². The highest BCUT2D eigenvalue weighted by molar-refractivity contribution is 5.86. The summed E-state index contributed by atoms with van der Waals surface area (Å²) < 4.78 is 21.6. The zero-order valence-corrected chi connectivity index (χ0v) is 19.0. The molecule has 2 rings (SSSR count). The number of ether oxygens (including phenoxy) is 3. The van der Waals surface area contributed by atoms with Crippen molar-refractivity contribution in [1.29, 1.82) is 0 Å². The number of amides is 1. The fraction of sp³-hybridized carbons (Fsp3) is 0.565. The summed E-state index contributed by atoms with van der Waals surface area (Å²) in [5.41, 5.74) is 2.12. The van der Waals surface area contributed by atoms with Crippen molar-refractivity contribution in [2.75, 3.05) is 65.2 Å². The molecule has 0 saturated heterocycles. The molecule has 8 nitrogen and oxygen atoms in total. The van der Waals surface area contributed by atoms with Crippen LogP contribution in [0.2, 0.25) is 0 Å². The highest BCUT2D eigenvalue weighted by Gasteiger charge is 2.15. The minimum Gasteiger partial charge on any atom is -0.422 e. The first-order valence-electron chi connectivity index (χ1n) is 10.7. The lowest BCUT2D eigenvalue weighted by molar-refractivity contribution is -0.120. The average molecular weight is 435 g/mol. The van der Waals surface area contributed by atoms with Gasteiger partial charge in [0.1, 0.15) is 5.58 Å². The topological polar surface area (TPSA) is 90.2 Å². The van der Waals surface area contributed by atoms with Crippen LogP contribution in [0.15, 0.2) is 27.4 Å². The summed E-state index contributed by atoms with van der Waals surface area (Å²) in [6, 6.07) is 5.70. The molecule has 2 aromatic rings. The maximum absolute atomic E-state index is 12.4. The molecule has 0 atom stereocenters. The first-order chi connectivity index (χ1) is 14.9. The third-order valence-electron chi connectivity index (χ3n) is 4.79. The molecule has 8 heteroatoms. The van der Waals surface area contributed by atoms with Gasteiger partial charge in [-0.25, -0.2) is 4.79 Å². The first-order valence-corrected chi connectivity index (χ1v) is 10.7. The lowest BCUT2D eigenvalue weighted by atomic mass is 10.0. The van der Waals surface area contributed by atoms with Crippen LogP contribution < -0.4 is 15.8 Å². The molecule has 31 heavy (non-hydrogen) atoms. The van der Waals surface area contributed by atoms with E-state index in [0.29, 0.717) is 50.7 Å². The van der Waals surface area contributed by atoms with Gasteiger partial charge in [0.05, 0.1) is 45.0 Å². The number of rotatable bonds is 14. The molecule has 1 amide bonds. The Morgan fingerprint density at radius 1 is 1.03 bits per heavy atom. The normalized spacial score (nSPS) is 11.1. The number of nitrogens with zero attached hydrogens (tertiary/aromatic N) is 1. The lowest BCUT2D eigenvalue weighted by Gasteiger charge is -2.14. The molecule has 0 spiro atoms. The molecule has 1 N–H and O–H groups in total. The molecule has 0 aliphatic rings. The van der Waals surface area contributed by atoms with Gasteiger partial charge in [0.2, 0.25) is 5.91 Å².